The highest BCUT2D eigenvalue weighted by atomic mass is 32.2. The summed E-state index contributed by atoms with van der Waals surface area (Å²) in [6.07, 6.45) is 2.14. The van der Waals surface area contributed by atoms with Crippen molar-refractivity contribution in [1.29, 1.82) is 0 Å². The summed E-state index contributed by atoms with van der Waals surface area (Å²) in [6.45, 7) is 7.91. The summed E-state index contributed by atoms with van der Waals surface area (Å²) in [4.78, 5) is 0.0425. The van der Waals surface area contributed by atoms with Crippen molar-refractivity contribution in [2.45, 2.75) is 51.1 Å². The first-order valence-corrected chi connectivity index (χ1v) is 7.01. The predicted molar refractivity (Wildman–Crippen MR) is 67.0 cm³/mol. The largest absolute Gasteiger partial charge is 0.383 e. The van der Waals surface area contributed by atoms with Crippen LogP contribution < -0.4 is 10.5 Å². The molecule has 0 saturated carbocycles. The quantitative estimate of drug-likeness (QED) is 0.843. The summed E-state index contributed by atoms with van der Waals surface area (Å²) < 4.78 is 28.1. The number of nitrogens with zero attached hydrogens (tertiary/aromatic N) is 2. The fourth-order valence-corrected chi connectivity index (χ4v) is 2.92. The molecule has 0 aliphatic heterocycles. The van der Waals surface area contributed by atoms with E-state index in [1.54, 1.807) is 20.8 Å². The summed E-state index contributed by atoms with van der Waals surface area (Å²) >= 11 is 0. The molecule has 0 aromatic carbocycles. The minimum absolute atomic E-state index is 0.0425. The Morgan fingerprint density at radius 1 is 1.47 bits per heavy atom. The average Bonchev–Trinajstić information content (AvgIpc) is 2.45. The zero-order valence-electron chi connectivity index (χ0n) is 10.7. The number of aromatic nitrogens is 2. The van der Waals surface area contributed by atoms with Crippen molar-refractivity contribution in [2.24, 2.45) is 0 Å². The van der Waals surface area contributed by atoms with Gasteiger partial charge >= 0.3 is 0 Å². The van der Waals surface area contributed by atoms with Crippen molar-refractivity contribution in [2.75, 3.05) is 5.73 Å². The molecule has 1 aromatic heterocycles. The van der Waals surface area contributed by atoms with E-state index in [4.69, 9.17) is 5.73 Å². The number of nitrogens with one attached hydrogen (secondary N) is 1. The Balaban J connectivity index is 3.08. The lowest BCUT2D eigenvalue weighted by atomic mass is 10.1. The van der Waals surface area contributed by atoms with Gasteiger partial charge in [-0.2, -0.15) is 5.10 Å². The third kappa shape index (κ3) is 3.44. The van der Waals surface area contributed by atoms with Gasteiger partial charge in [0.2, 0.25) is 10.0 Å². The minimum Gasteiger partial charge on any atom is -0.383 e. The summed E-state index contributed by atoms with van der Waals surface area (Å²) in [5.41, 5.74) is 5.23. The van der Waals surface area contributed by atoms with Crippen molar-refractivity contribution in [3.8, 4) is 0 Å². The molecule has 3 N–H and O–H groups in total. The van der Waals surface area contributed by atoms with Crippen molar-refractivity contribution in [1.82, 2.24) is 14.5 Å². The van der Waals surface area contributed by atoms with Crippen molar-refractivity contribution in [3.63, 3.8) is 0 Å². The van der Waals surface area contributed by atoms with Crippen LogP contribution in [0.4, 0.5) is 5.82 Å². The van der Waals surface area contributed by atoms with E-state index in [1.165, 1.54) is 10.9 Å². The van der Waals surface area contributed by atoms with Gasteiger partial charge in [0.25, 0.3) is 0 Å². The number of hydrogen-bond acceptors (Lipinski definition) is 4. The second-order valence-electron chi connectivity index (χ2n) is 4.97. The number of anilines is 1. The lowest BCUT2D eigenvalue weighted by molar-refractivity contribution is 0.491. The van der Waals surface area contributed by atoms with Crippen LogP contribution in [0.1, 0.15) is 34.1 Å². The average molecular weight is 260 g/mol. The number of hydrogen-bond donors (Lipinski definition) is 2. The second kappa shape index (κ2) is 4.66. The van der Waals surface area contributed by atoms with E-state index in [-0.39, 0.29) is 10.7 Å². The van der Waals surface area contributed by atoms with Gasteiger partial charge in [-0.3, -0.25) is 0 Å². The molecule has 0 atom stereocenters. The third-order valence-electron chi connectivity index (χ3n) is 2.01. The molecular formula is C10H20N4O2S. The lowest BCUT2D eigenvalue weighted by Crippen LogP contribution is -2.40. The molecule has 0 unspecified atom stereocenters. The molecule has 0 bridgehead atoms. The van der Waals surface area contributed by atoms with Crippen molar-refractivity contribution < 1.29 is 8.42 Å². The highest BCUT2D eigenvalue weighted by molar-refractivity contribution is 7.89. The van der Waals surface area contributed by atoms with Gasteiger partial charge in [-0.25, -0.2) is 17.8 Å². The van der Waals surface area contributed by atoms with E-state index < -0.39 is 15.6 Å². The van der Waals surface area contributed by atoms with Gasteiger partial charge in [0, 0.05) is 12.1 Å². The first-order chi connectivity index (χ1) is 7.67. The molecule has 17 heavy (non-hydrogen) atoms. The summed E-state index contributed by atoms with van der Waals surface area (Å²) in [5.74, 6) is 0.184. The van der Waals surface area contributed by atoms with Gasteiger partial charge in [-0.05, 0) is 27.2 Å². The molecule has 1 rings (SSSR count). The Kier molecular flexibility index (Phi) is 3.83. The monoisotopic (exact) mass is 260 g/mol. The smallest absolute Gasteiger partial charge is 0.246 e. The van der Waals surface area contributed by atoms with E-state index in [1.807, 2.05) is 6.92 Å². The van der Waals surface area contributed by atoms with Gasteiger partial charge < -0.3 is 5.73 Å². The van der Waals surface area contributed by atoms with Crippen LogP contribution in [0, 0.1) is 0 Å². The molecule has 1 heterocycles. The lowest BCUT2D eigenvalue weighted by Gasteiger charge is -2.19. The van der Waals surface area contributed by atoms with Gasteiger partial charge in [0.05, 0.1) is 6.20 Å². The summed E-state index contributed by atoms with van der Waals surface area (Å²) in [7, 11) is -3.60. The van der Waals surface area contributed by atoms with Gasteiger partial charge in [-0.1, -0.05) is 6.92 Å². The predicted octanol–water partition coefficient (Wildman–Crippen LogP) is 0.952. The number of nitrogen functional groups attached to an aromatic ring is 1. The number of nitrogens with two attached hydrogens (primary N) is 1. The molecule has 0 saturated heterocycles. The fraction of sp³-hybridized carbons (Fsp3) is 0.700. The Bertz CT molecular complexity index is 485. The zero-order valence-corrected chi connectivity index (χ0v) is 11.5. The highest BCUT2D eigenvalue weighted by Gasteiger charge is 2.26. The first kappa shape index (κ1) is 14.0. The molecule has 0 fully saturated rings. The fourth-order valence-electron chi connectivity index (χ4n) is 1.43. The summed E-state index contributed by atoms with van der Waals surface area (Å²) in [6, 6.07) is 0. The van der Waals surface area contributed by atoms with Crippen LogP contribution in [-0.2, 0) is 16.6 Å². The van der Waals surface area contributed by atoms with Crippen LogP contribution in [0.25, 0.3) is 0 Å². The standard InChI is InChI=1S/C10H20N4O2S/c1-5-6-14-9(11)8(7-12-14)17(15,16)13-10(2,3)4/h7,13H,5-6,11H2,1-4H3. The molecule has 0 amide bonds. The normalized spacial score (nSPS) is 12.9. The molecule has 98 valence electrons. The first-order valence-electron chi connectivity index (χ1n) is 5.52. The van der Waals surface area contributed by atoms with Gasteiger partial charge in [0.15, 0.2) is 0 Å². The molecule has 1 aromatic rings. The third-order valence-corrected chi connectivity index (χ3v) is 3.79. The van der Waals surface area contributed by atoms with Gasteiger partial charge in [0.1, 0.15) is 10.7 Å². The van der Waals surface area contributed by atoms with Crippen molar-refractivity contribution in [3.05, 3.63) is 6.20 Å². The Morgan fingerprint density at radius 3 is 2.53 bits per heavy atom. The van der Waals surface area contributed by atoms with Crippen LogP contribution in [0.15, 0.2) is 11.1 Å². The van der Waals surface area contributed by atoms with Gasteiger partial charge in [-0.15, -0.1) is 0 Å². The molecule has 0 radical (unpaired) electrons. The van der Waals surface area contributed by atoms with E-state index in [0.717, 1.165) is 6.42 Å². The maximum Gasteiger partial charge on any atom is 0.246 e. The Hall–Kier alpha value is -1.08. The Morgan fingerprint density at radius 2 is 2.06 bits per heavy atom. The number of sulfonamides is 1. The molecule has 0 aliphatic carbocycles. The van der Waals surface area contributed by atoms with Crippen LogP contribution in [-0.4, -0.2) is 23.7 Å². The van der Waals surface area contributed by atoms with E-state index in [2.05, 4.69) is 9.82 Å². The maximum atomic E-state index is 12.0. The molecule has 0 spiro atoms. The highest BCUT2D eigenvalue weighted by Crippen LogP contribution is 2.19. The molecule has 0 aliphatic rings. The number of aryl methyl sites for hydroxylation is 1. The minimum atomic E-state index is -3.60. The number of rotatable bonds is 4. The topological polar surface area (TPSA) is 90.0 Å². The SMILES string of the molecule is CCCn1ncc(S(=O)(=O)NC(C)(C)C)c1N. The maximum absolute atomic E-state index is 12.0. The Labute approximate surface area is 102 Å². The molecule has 7 heteroatoms. The molecular weight excluding hydrogens is 240 g/mol. The zero-order chi connectivity index (χ0) is 13.3. The van der Waals surface area contributed by atoms with E-state index >= 15 is 0 Å². The van der Waals surface area contributed by atoms with E-state index in [0.29, 0.717) is 6.54 Å². The van der Waals surface area contributed by atoms with E-state index in [9.17, 15) is 8.42 Å². The van der Waals surface area contributed by atoms with Crippen molar-refractivity contribution >= 4 is 15.8 Å². The van der Waals surface area contributed by atoms with Crippen LogP contribution in [0.2, 0.25) is 0 Å². The van der Waals surface area contributed by atoms with Crippen LogP contribution >= 0.6 is 0 Å². The summed E-state index contributed by atoms with van der Waals surface area (Å²) in [5, 5.41) is 3.97. The second-order valence-corrected chi connectivity index (χ2v) is 6.62. The van der Waals surface area contributed by atoms with Crippen LogP contribution in [0.3, 0.4) is 0 Å². The van der Waals surface area contributed by atoms with Crippen LogP contribution in [0.5, 0.6) is 0 Å². The molecule has 6 nitrogen and oxygen atoms in total.